The van der Waals surface area contributed by atoms with Crippen LogP contribution in [-0.4, -0.2) is 54.0 Å². The molecule has 0 aliphatic carbocycles. The molecule has 1 saturated heterocycles. The zero-order chi connectivity index (χ0) is 22.3. The summed E-state index contributed by atoms with van der Waals surface area (Å²) in [6, 6.07) is 9.92. The van der Waals surface area contributed by atoms with Crippen molar-refractivity contribution in [3.8, 4) is 17.0 Å². The van der Waals surface area contributed by atoms with Crippen molar-refractivity contribution in [2.45, 2.75) is 13.5 Å². The molecular formula is C23H24FN5O3. The molecule has 3 aromatic rings. The van der Waals surface area contributed by atoms with Gasteiger partial charge in [0.25, 0.3) is 5.91 Å². The molecule has 0 saturated carbocycles. The predicted molar refractivity (Wildman–Crippen MR) is 117 cm³/mol. The minimum atomic E-state index is -0.492. The summed E-state index contributed by atoms with van der Waals surface area (Å²) in [5.41, 5.74) is 2.16. The third kappa shape index (κ3) is 5.00. The minimum Gasteiger partial charge on any atom is -0.491 e. The van der Waals surface area contributed by atoms with Crippen LogP contribution >= 0.6 is 0 Å². The van der Waals surface area contributed by atoms with Crippen LogP contribution in [0, 0.1) is 5.82 Å². The first-order valence-electron chi connectivity index (χ1n) is 10.5. The summed E-state index contributed by atoms with van der Waals surface area (Å²) in [4.78, 5) is 19.4. The summed E-state index contributed by atoms with van der Waals surface area (Å²) in [5.74, 6) is 0.220. The minimum absolute atomic E-state index is 0.172. The highest BCUT2D eigenvalue weighted by Crippen LogP contribution is 2.25. The number of aromatic nitrogens is 3. The lowest BCUT2D eigenvalue weighted by molar-refractivity contribution is 0.0950. The fourth-order valence-electron chi connectivity index (χ4n) is 3.47. The molecule has 0 atom stereocenters. The Morgan fingerprint density at radius 1 is 1.25 bits per heavy atom. The number of rotatable bonds is 7. The first-order valence-corrected chi connectivity index (χ1v) is 10.5. The van der Waals surface area contributed by atoms with Crippen LogP contribution in [0.5, 0.6) is 5.75 Å². The second-order valence-electron chi connectivity index (χ2n) is 7.18. The van der Waals surface area contributed by atoms with Crippen molar-refractivity contribution in [1.29, 1.82) is 0 Å². The molecule has 1 aliphatic rings. The molecule has 1 fully saturated rings. The largest absolute Gasteiger partial charge is 0.491 e. The van der Waals surface area contributed by atoms with Crippen LogP contribution in [0.2, 0.25) is 0 Å². The second kappa shape index (κ2) is 10.1. The smallest absolute Gasteiger partial charge is 0.253 e. The molecule has 1 aliphatic heterocycles. The molecular weight excluding hydrogens is 413 g/mol. The molecule has 1 N–H and O–H groups in total. The second-order valence-corrected chi connectivity index (χ2v) is 7.18. The van der Waals surface area contributed by atoms with E-state index in [4.69, 9.17) is 9.47 Å². The van der Waals surface area contributed by atoms with Crippen LogP contribution < -0.4 is 15.0 Å². The van der Waals surface area contributed by atoms with Crippen LogP contribution in [0.1, 0.15) is 22.8 Å². The first-order chi connectivity index (χ1) is 15.7. The number of anilines is 1. The van der Waals surface area contributed by atoms with Crippen molar-refractivity contribution in [2.24, 2.45) is 0 Å². The Morgan fingerprint density at radius 3 is 2.88 bits per heavy atom. The van der Waals surface area contributed by atoms with E-state index in [1.807, 2.05) is 12.1 Å². The molecule has 0 bridgehead atoms. The van der Waals surface area contributed by atoms with E-state index >= 15 is 0 Å². The number of nitrogens with zero attached hydrogens (tertiary/aromatic N) is 4. The maximum Gasteiger partial charge on any atom is 0.253 e. The highest BCUT2D eigenvalue weighted by Gasteiger charge is 2.17. The van der Waals surface area contributed by atoms with Gasteiger partial charge in [-0.3, -0.25) is 4.79 Å². The summed E-state index contributed by atoms with van der Waals surface area (Å²) in [6.07, 6.45) is 3.13. The van der Waals surface area contributed by atoms with Gasteiger partial charge in [-0.2, -0.15) is 10.2 Å². The molecule has 0 radical (unpaired) electrons. The third-order valence-electron chi connectivity index (χ3n) is 5.06. The quantitative estimate of drug-likeness (QED) is 0.608. The Morgan fingerprint density at radius 2 is 2.09 bits per heavy atom. The number of morpholine rings is 1. The molecule has 1 aromatic carbocycles. The number of hydrogen-bond donors (Lipinski definition) is 1. The summed E-state index contributed by atoms with van der Waals surface area (Å²) in [5, 5.41) is 10.9. The molecule has 3 heterocycles. The molecule has 166 valence electrons. The van der Waals surface area contributed by atoms with Gasteiger partial charge >= 0.3 is 0 Å². The average Bonchev–Trinajstić information content (AvgIpc) is 2.84. The van der Waals surface area contributed by atoms with Gasteiger partial charge in [-0.15, -0.1) is 0 Å². The fourth-order valence-corrected chi connectivity index (χ4v) is 3.47. The average molecular weight is 437 g/mol. The highest BCUT2D eigenvalue weighted by molar-refractivity contribution is 5.94. The van der Waals surface area contributed by atoms with Crippen LogP contribution in [0.3, 0.4) is 0 Å². The van der Waals surface area contributed by atoms with Gasteiger partial charge in [0.1, 0.15) is 5.82 Å². The van der Waals surface area contributed by atoms with E-state index in [2.05, 4.69) is 25.4 Å². The predicted octanol–water partition coefficient (Wildman–Crippen LogP) is 2.84. The molecule has 0 spiro atoms. The number of carbonyl (C=O) groups is 1. The third-order valence-corrected chi connectivity index (χ3v) is 5.06. The SMILES string of the molecule is CCOc1ccc(-c2cc(C(=O)NCc3cccnc3N3CCOCC3)cnn2)cc1F. The summed E-state index contributed by atoms with van der Waals surface area (Å²) in [7, 11) is 0. The summed E-state index contributed by atoms with van der Waals surface area (Å²) < 4.78 is 24.8. The van der Waals surface area contributed by atoms with Gasteiger partial charge in [-0.1, -0.05) is 6.07 Å². The molecule has 0 unspecified atom stereocenters. The van der Waals surface area contributed by atoms with Crippen molar-refractivity contribution < 1.29 is 18.7 Å². The lowest BCUT2D eigenvalue weighted by Gasteiger charge is -2.29. The summed E-state index contributed by atoms with van der Waals surface area (Å²) in [6.45, 7) is 5.30. The van der Waals surface area contributed by atoms with Crippen molar-refractivity contribution in [1.82, 2.24) is 20.5 Å². The van der Waals surface area contributed by atoms with E-state index in [0.717, 1.165) is 24.5 Å². The Balaban J connectivity index is 1.47. The standard InChI is InChI=1S/C23H24FN5O3/c1-2-32-21-6-5-16(12-19(21)24)20-13-18(15-27-28-20)23(30)26-14-17-4-3-7-25-22(17)29-8-10-31-11-9-29/h3-7,12-13,15H,2,8-11,14H2,1H3,(H,26,30). The van der Waals surface area contributed by atoms with Gasteiger partial charge in [0.15, 0.2) is 11.6 Å². The first kappa shape index (κ1) is 21.6. The van der Waals surface area contributed by atoms with Gasteiger partial charge in [0.2, 0.25) is 0 Å². The van der Waals surface area contributed by atoms with Crippen molar-refractivity contribution in [3.63, 3.8) is 0 Å². The van der Waals surface area contributed by atoms with Gasteiger partial charge < -0.3 is 19.7 Å². The lowest BCUT2D eigenvalue weighted by atomic mass is 10.1. The van der Waals surface area contributed by atoms with Gasteiger partial charge in [0.05, 0.1) is 37.3 Å². The zero-order valence-corrected chi connectivity index (χ0v) is 17.8. The highest BCUT2D eigenvalue weighted by atomic mass is 19.1. The number of pyridine rings is 1. The van der Waals surface area contributed by atoms with Crippen molar-refractivity contribution >= 4 is 11.7 Å². The fraction of sp³-hybridized carbons (Fsp3) is 0.304. The number of amides is 1. The molecule has 8 nitrogen and oxygen atoms in total. The summed E-state index contributed by atoms with van der Waals surface area (Å²) >= 11 is 0. The molecule has 4 rings (SSSR count). The lowest BCUT2D eigenvalue weighted by Crippen LogP contribution is -2.37. The molecule has 32 heavy (non-hydrogen) atoms. The normalized spacial score (nSPS) is 13.6. The van der Waals surface area contributed by atoms with E-state index in [1.54, 1.807) is 25.3 Å². The van der Waals surface area contributed by atoms with Crippen molar-refractivity contribution in [2.75, 3.05) is 37.8 Å². The van der Waals surface area contributed by atoms with E-state index in [9.17, 15) is 9.18 Å². The Bertz CT molecular complexity index is 1090. The number of benzene rings is 1. The molecule has 9 heteroatoms. The van der Waals surface area contributed by atoms with E-state index in [-0.39, 0.29) is 11.7 Å². The van der Waals surface area contributed by atoms with Crippen LogP contribution in [0.25, 0.3) is 11.3 Å². The van der Waals surface area contributed by atoms with Crippen LogP contribution in [0.15, 0.2) is 48.8 Å². The van der Waals surface area contributed by atoms with E-state index in [0.29, 0.717) is 43.2 Å². The van der Waals surface area contributed by atoms with E-state index in [1.165, 1.54) is 18.3 Å². The monoisotopic (exact) mass is 437 g/mol. The van der Waals surface area contributed by atoms with Crippen molar-refractivity contribution in [3.05, 3.63) is 65.7 Å². The molecule has 1 amide bonds. The Kier molecular flexibility index (Phi) is 6.86. The zero-order valence-electron chi connectivity index (χ0n) is 17.8. The number of halogens is 1. The Hall–Kier alpha value is -3.59. The number of carbonyl (C=O) groups excluding carboxylic acids is 1. The maximum atomic E-state index is 14.2. The molecule has 2 aromatic heterocycles. The number of ether oxygens (including phenoxy) is 2. The number of nitrogens with one attached hydrogen (secondary N) is 1. The van der Waals surface area contributed by atoms with Gasteiger partial charge in [-0.25, -0.2) is 9.37 Å². The van der Waals surface area contributed by atoms with Gasteiger partial charge in [0, 0.05) is 37.0 Å². The van der Waals surface area contributed by atoms with Gasteiger partial charge in [-0.05, 0) is 37.3 Å². The topological polar surface area (TPSA) is 89.5 Å². The van der Waals surface area contributed by atoms with E-state index < -0.39 is 5.82 Å². The maximum absolute atomic E-state index is 14.2. The Labute approximate surface area is 185 Å². The number of hydrogen-bond acceptors (Lipinski definition) is 7. The van der Waals surface area contributed by atoms with Crippen LogP contribution in [0.4, 0.5) is 10.2 Å². The van der Waals surface area contributed by atoms with Crippen LogP contribution in [-0.2, 0) is 11.3 Å².